The van der Waals surface area contributed by atoms with Crippen LogP contribution < -0.4 is 4.74 Å². The summed E-state index contributed by atoms with van der Waals surface area (Å²) in [5, 5.41) is 9.12. The fourth-order valence-corrected chi connectivity index (χ4v) is 2.27. The highest BCUT2D eigenvalue weighted by Crippen LogP contribution is 2.34. The number of aromatic nitrogens is 1. The Morgan fingerprint density at radius 3 is 2.33 bits per heavy atom. The van der Waals surface area contributed by atoms with Gasteiger partial charge < -0.3 is 9.47 Å². The molecule has 0 atom stereocenters. The summed E-state index contributed by atoms with van der Waals surface area (Å²) in [5.41, 5.74) is -5.22. The van der Waals surface area contributed by atoms with E-state index < -0.39 is 64.6 Å². The molecule has 0 spiro atoms. The fourth-order valence-electron chi connectivity index (χ4n) is 2.27. The number of carbonyl (C=O) groups is 1. The van der Waals surface area contributed by atoms with Gasteiger partial charge in [-0.2, -0.15) is 31.6 Å². The van der Waals surface area contributed by atoms with E-state index in [0.717, 1.165) is 0 Å². The van der Waals surface area contributed by atoms with Crippen LogP contribution in [0.5, 0.6) is 5.88 Å². The number of benzene rings is 1. The molecule has 1 heterocycles. The number of nitrogens with zero attached hydrogens (tertiary/aromatic N) is 2. The molecule has 1 aromatic heterocycles. The van der Waals surface area contributed by atoms with Crippen LogP contribution in [-0.2, 0) is 23.7 Å². The van der Waals surface area contributed by atoms with Gasteiger partial charge in [0.2, 0.25) is 5.88 Å². The van der Waals surface area contributed by atoms with Gasteiger partial charge in [0, 0.05) is 5.56 Å². The number of alkyl halides is 6. The lowest BCUT2D eigenvalue weighted by Gasteiger charge is -2.15. The second-order valence-electron chi connectivity index (χ2n) is 5.66. The van der Waals surface area contributed by atoms with Crippen molar-refractivity contribution in [1.29, 1.82) is 5.26 Å². The van der Waals surface area contributed by atoms with Crippen molar-refractivity contribution in [2.75, 3.05) is 6.61 Å². The van der Waals surface area contributed by atoms with Crippen LogP contribution in [0.1, 0.15) is 39.7 Å². The van der Waals surface area contributed by atoms with E-state index in [0.29, 0.717) is 24.3 Å². The van der Waals surface area contributed by atoms with Gasteiger partial charge in [0.25, 0.3) is 0 Å². The Hall–Kier alpha value is -3.36. The first-order valence-corrected chi connectivity index (χ1v) is 8.06. The number of rotatable bonds is 5. The molecular formula is C18H11F7N2O3. The minimum atomic E-state index is -5.14. The standard InChI is InChI=1S/C18H11F7N2O3/c1-2-29-16(28)12-6-9(7-26)15(27-14(12)18(23,24)25)30-8-10-5-11(17(20,21)22)3-4-13(10)19/h3-6H,2,8H2,1H3. The third-order valence-electron chi connectivity index (χ3n) is 3.61. The van der Waals surface area contributed by atoms with Crippen molar-refractivity contribution < 1.29 is 45.0 Å². The number of carbonyl (C=O) groups excluding carboxylic acids is 1. The van der Waals surface area contributed by atoms with Crippen LogP contribution in [0.3, 0.4) is 0 Å². The lowest BCUT2D eigenvalue weighted by molar-refractivity contribution is -0.142. The average molecular weight is 436 g/mol. The van der Waals surface area contributed by atoms with Crippen LogP contribution in [0, 0.1) is 17.1 Å². The Morgan fingerprint density at radius 1 is 1.13 bits per heavy atom. The smallest absolute Gasteiger partial charge is 0.434 e. The number of nitriles is 1. The van der Waals surface area contributed by atoms with Gasteiger partial charge in [0.05, 0.1) is 17.7 Å². The lowest BCUT2D eigenvalue weighted by Crippen LogP contribution is -2.19. The predicted molar refractivity (Wildman–Crippen MR) is 85.6 cm³/mol. The summed E-state index contributed by atoms with van der Waals surface area (Å²) >= 11 is 0. The quantitative estimate of drug-likeness (QED) is 0.493. The van der Waals surface area contributed by atoms with Crippen molar-refractivity contribution in [3.63, 3.8) is 0 Å². The normalized spacial score (nSPS) is 11.7. The molecule has 0 unspecified atom stereocenters. The number of pyridine rings is 1. The summed E-state index contributed by atoms with van der Waals surface area (Å²) in [5.74, 6) is -3.43. The molecule has 0 aliphatic carbocycles. The Labute approximate surface area is 164 Å². The lowest BCUT2D eigenvalue weighted by atomic mass is 10.1. The van der Waals surface area contributed by atoms with Gasteiger partial charge in [-0.1, -0.05) is 0 Å². The monoisotopic (exact) mass is 436 g/mol. The molecule has 2 aromatic rings. The van der Waals surface area contributed by atoms with Crippen LogP contribution >= 0.6 is 0 Å². The minimum absolute atomic E-state index is 0.245. The van der Waals surface area contributed by atoms with Crippen molar-refractivity contribution >= 4 is 5.97 Å². The first kappa shape index (κ1) is 22.9. The Balaban J connectivity index is 2.46. The van der Waals surface area contributed by atoms with Gasteiger partial charge in [-0.15, -0.1) is 0 Å². The third-order valence-corrected chi connectivity index (χ3v) is 3.61. The Morgan fingerprint density at radius 2 is 1.80 bits per heavy atom. The van der Waals surface area contributed by atoms with E-state index in [-0.39, 0.29) is 6.61 Å². The van der Waals surface area contributed by atoms with E-state index >= 15 is 0 Å². The van der Waals surface area contributed by atoms with Crippen molar-refractivity contribution in [2.24, 2.45) is 0 Å². The number of hydrogen-bond acceptors (Lipinski definition) is 5. The summed E-state index contributed by atoms with van der Waals surface area (Å²) < 4.78 is 101. The van der Waals surface area contributed by atoms with Crippen LogP contribution in [0.15, 0.2) is 24.3 Å². The number of halogens is 7. The molecule has 160 valence electrons. The SMILES string of the molecule is CCOC(=O)c1cc(C#N)c(OCc2cc(C(F)(F)F)ccc2F)nc1C(F)(F)F. The topological polar surface area (TPSA) is 72.2 Å². The van der Waals surface area contributed by atoms with E-state index in [9.17, 15) is 35.5 Å². The van der Waals surface area contributed by atoms with E-state index in [2.05, 4.69) is 9.72 Å². The van der Waals surface area contributed by atoms with E-state index in [1.54, 1.807) is 0 Å². The first-order chi connectivity index (χ1) is 13.9. The molecule has 0 radical (unpaired) electrons. The van der Waals surface area contributed by atoms with E-state index in [1.165, 1.54) is 13.0 Å². The molecule has 0 fully saturated rings. The molecule has 5 nitrogen and oxygen atoms in total. The maximum Gasteiger partial charge on any atom is 0.434 e. The minimum Gasteiger partial charge on any atom is -0.472 e. The van der Waals surface area contributed by atoms with Gasteiger partial charge in [0.1, 0.15) is 24.1 Å². The zero-order valence-corrected chi connectivity index (χ0v) is 15.0. The highest BCUT2D eigenvalue weighted by atomic mass is 19.4. The highest BCUT2D eigenvalue weighted by Gasteiger charge is 2.39. The number of esters is 1. The largest absolute Gasteiger partial charge is 0.472 e. The van der Waals surface area contributed by atoms with E-state index in [1.807, 2.05) is 0 Å². The van der Waals surface area contributed by atoms with Gasteiger partial charge in [-0.05, 0) is 31.2 Å². The highest BCUT2D eigenvalue weighted by molar-refractivity contribution is 5.91. The summed E-state index contributed by atoms with van der Waals surface area (Å²) in [6.07, 6.45) is -9.93. The number of ether oxygens (including phenoxy) is 2. The maximum atomic E-state index is 13.8. The Bertz CT molecular complexity index is 995. The van der Waals surface area contributed by atoms with Crippen LogP contribution in [0.4, 0.5) is 30.7 Å². The molecule has 12 heteroatoms. The van der Waals surface area contributed by atoms with Crippen LogP contribution in [-0.4, -0.2) is 17.6 Å². The molecule has 0 N–H and O–H groups in total. The summed E-state index contributed by atoms with van der Waals surface area (Å²) in [6, 6.07) is 3.41. The van der Waals surface area contributed by atoms with Gasteiger partial charge in [-0.3, -0.25) is 0 Å². The van der Waals surface area contributed by atoms with Crippen LogP contribution in [0.25, 0.3) is 0 Å². The molecule has 2 rings (SSSR count). The van der Waals surface area contributed by atoms with Gasteiger partial charge in [0.15, 0.2) is 5.69 Å². The fraction of sp³-hybridized carbons (Fsp3) is 0.278. The second-order valence-corrected chi connectivity index (χ2v) is 5.66. The molecule has 0 saturated carbocycles. The maximum absolute atomic E-state index is 13.8. The zero-order chi connectivity index (χ0) is 22.7. The molecule has 0 amide bonds. The second kappa shape index (κ2) is 8.56. The molecule has 0 aliphatic rings. The Kier molecular flexibility index (Phi) is 6.54. The van der Waals surface area contributed by atoms with E-state index in [4.69, 9.17) is 10.00 Å². The van der Waals surface area contributed by atoms with Crippen molar-refractivity contribution in [1.82, 2.24) is 4.98 Å². The molecule has 30 heavy (non-hydrogen) atoms. The van der Waals surface area contributed by atoms with Crippen LogP contribution in [0.2, 0.25) is 0 Å². The summed E-state index contributed by atoms with van der Waals surface area (Å²) in [6.45, 7) is 0.156. The summed E-state index contributed by atoms with van der Waals surface area (Å²) in [7, 11) is 0. The van der Waals surface area contributed by atoms with Gasteiger partial charge in [-0.25, -0.2) is 14.2 Å². The molecule has 1 aromatic carbocycles. The van der Waals surface area contributed by atoms with Crippen molar-refractivity contribution in [3.8, 4) is 11.9 Å². The molecule has 0 saturated heterocycles. The molecule has 0 aliphatic heterocycles. The van der Waals surface area contributed by atoms with Crippen molar-refractivity contribution in [3.05, 3.63) is 58.0 Å². The summed E-state index contributed by atoms with van der Waals surface area (Å²) in [4.78, 5) is 14.9. The number of hydrogen-bond donors (Lipinski definition) is 0. The third kappa shape index (κ3) is 5.16. The average Bonchev–Trinajstić information content (AvgIpc) is 2.65. The molecular weight excluding hydrogens is 425 g/mol. The zero-order valence-electron chi connectivity index (χ0n) is 15.0. The van der Waals surface area contributed by atoms with Gasteiger partial charge >= 0.3 is 18.3 Å². The van der Waals surface area contributed by atoms with Crippen molar-refractivity contribution in [2.45, 2.75) is 25.9 Å². The first-order valence-electron chi connectivity index (χ1n) is 8.06. The predicted octanol–water partition coefficient (Wildman–Crippen LogP) is 4.89. The molecule has 0 bridgehead atoms.